The maximum atomic E-state index is 10.3. The molecule has 1 N–H and O–H groups in total. The predicted molar refractivity (Wildman–Crippen MR) is 61.0 cm³/mol. The molecular weight excluding hydrogens is 188 g/mol. The van der Waals surface area contributed by atoms with E-state index in [0.717, 1.165) is 19.3 Å². The number of carbonyl (C=O) groups is 1. The number of benzene rings is 1. The Bertz CT molecular complexity index is 293. The molecule has 1 aromatic rings. The third kappa shape index (κ3) is 4.63. The van der Waals surface area contributed by atoms with Crippen molar-refractivity contribution in [2.75, 3.05) is 0 Å². The fourth-order valence-corrected chi connectivity index (χ4v) is 1.67. The third-order valence-electron chi connectivity index (χ3n) is 2.65. The summed E-state index contributed by atoms with van der Waals surface area (Å²) in [5, 5.41) is 8.50. The van der Waals surface area contributed by atoms with Crippen LogP contribution in [0.2, 0.25) is 0 Å². The van der Waals surface area contributed by atoms with Gasteiger partial charge in [-0.1, -0.05) is 43.7 Å². The zero-order valence-corrected chi connectivity index (χ0v) is 9.15. The van der Waals surface area contributed by atoms with E-state index in [2.05, 4.69) is 19.1 Å². The number of hydrogen-bond acceptors (Lipinski definition) is 1. The van der Waals surface area contributed by atoms with Crippen molar-refractivity contribution in [1.29, 1.82) is 0 Å². The minimum Gasteiger partial charge on any atom is -0.481 e. The molecule has 0 aromatic heterocycles. The number of rotatable bonds is 6. The molecule has 1 atom stereocenters. The van der Waals surface area contributed by atoms with Crippen LogP contribution >= 0.6 is 0 Å². The summed E-state index contributed by atoms with van der Waals surface area (Å²) in [6.45, 7) is 2.19. The Balaban J connectivity index is 2.25. The summed E-state index contributed by atoms with van der Waals surface area (Å²) in [6.07, 6.45) is 3.13. The van der Waals surface area contributed by atoms with Crippen molar-refractivity contribution in [2.24, 2.45) is 0 Å². The molecule has 0 saturated heterocycles. The Labute approximate surface area is 90.9 Å². The highest BCUT2D eigenvalue weighted by molar-refractivity contribution is 5.66. The molecule has 2 nitrogen and oxygen atoms in total. The van der Waals surface area contributed by atoms with Crippen LogP contribution < -0.4 is 0 Å². The molecule has 0 saturated carbocycles. The molecular formula is C13H18O2. The highest BCUT2D eigenvalue weighted by Crippen LogP contribution is 2.21. The lowest BCUT2D eigenvalue weighted by Gasteiger charge is -2.10. The van der Waals surface area contributed by atoms with Crippen LogP contribution in [0, 0.1) is 0 Å². The van der Waals surface area contributed by atoms with Crippen LogP contribution in [0.1, 0.15) is 44.1 Å². The van der Waals surface area contributed by atoms with E-state index < -0.39 is 5.97 Å². The monoisotopic (exact) mass is 206 g/mol. The molecule has 0 heterocycles. The number of carboxylic acid groups (broad SMARTS) is 1. The molecule has 0 aliphatic carbocycles. The molecule has 1 aromatic carbocycles. The van der Waals surface area contributed by atoms with E-state index in [4.69, 9.17) is 5.11 Å². The molecule has 0 bridgehead atoms. The fraction of sp³-hybridized carbons (Fsp3) is 0.462. The first-order valence-electron chi connectivity index (χ1n) is 5.47. The van der Waals surface area contributed by atoms with Crippen LogP contribution in [0.15, 0.2) is 30.3 Å². The van der Waals surface area contributed by atoms with E-state index in [0.29, 0.717) is 12.3 Å². The van der Waals surface area contributed by atoms with Crippen molar-refractivity contribution in [3.05, 3.63) is 35.9 Å². The second-order valence-corrected chi connectivity index (χ2v) is 3.95. The fourth-order valence-electron chi connectivity index (χ4n) is 1.67. The normalized spacial score (nSPS) is 12.3. The van der Waals surface area contributed by atoms with Crippen molar-refractivity contribution in [2.45, 2.75) is 38.5 Å². The summed E-state index contributed by atoms with van der Waals surface area (Å²) < 4.78 is 0. The maximum absolute atomic E-state index is 10.3. The van der Waals surface area contributed by atoms with Gasteiger partial charge in [-0.05, 0) is 24.3 Å². The van der Waals surface area contributed by atoms with Gasteiger partial charge in [-0.25, -0.2) is 0 Å². The van der Waals surface area contributed by atoms with Gasteiger partial charge in [-0.3, -0.25) is 4.79 Å². The van der Waals surface area contributed by atoms with Gasteiger partial charge < -0.3 is 5.11 Å². The van der Waals surface area contributed by atoms with Gasteiger partial charge in [0.25, 0.3) is 0 Å². The number of aliphatic carboxylic acids is 1. The second kappa shape index (κ2) is 6.23. The Morgan fingerprint density at radius 1 is 1.27 bits per heavy atom. The van der Waals surface area contributed by atoms with E-state index >= 15 is 0 Å². The van der Waals surface area contributed by atoms with Crippen molar-refractivity contribution >= 4 is 5.97 Å². The van der Waals surface area contributed by atoms with Crippen molar-refractivity contribution in [3.8, 4) is 0 Å². The molecule has 0 aliphatic rings. The molecule has 82 valence electrons. The lowest BCUT2D eigenvalue weighted by atomic mass is 9.95. The van der Waals surface area contributed by atoms with Crippen molar-refractivity contribution in [1.82, 2.24) is 0 Å². The van der Waals surface area contributed by atoms with Crippen LogP contribution in [-0.2, 0) is 4.79 Å². The summed E-state index contributed by atoms with van der Waals surface area (Å²) in [6, 6.07) is 10.4. The molecule has 0 fully saturated rings. The average Bonchev–Trinajstić information content (AvgIpc) is 2.25. The van der Waals surface area contributed by atoms with Gasteiger partial charge in [-0.15, -0.1) is 0 Å². The van der Waals surface area contributed by atoms with Gasteiger partial charge >= 0.3 is 5.97 Å². The summed E-state index contributed by atoms with van der Waals surface area (Å²) in [4.78, 5) is 10.3. The van der Waals surface area contributed by atoms with Crippen LogP contribution in [0.3, 0.4) is 0 Å². The molecule has 0 amide bonds. The molecule has 0 radical (unpaired) electrons. The lowest BCUT2D eigenvalue weighted by molar-refractivity contribution is -0.137. The van der Waals surface area contributed by atoms with Crippen LogP contribution in [0.4, 0.5) is 0 Å². The summed E-state index contributed by atoms with van der Waals surface area (Å²) in [5.74, 6) is -0.164. The first kappa shape index (κ1) is 11.8. The van der Waals surface area contributed by atoms with E-state index in [1.807, 2.05) is 18.2 Å². The lowest BCUT2D eigenvalue weighted by Crippen LogP contribution is -1.96. The number of carboxylic acids is 1. The highest BCUT2D eigenvalue weighted by Gasteiger charge is 2.04. The number of unbranched alkanes of at least 4 members (excludes halogenated alkanes) is 1. The van der Waals surface area contributed by atoms with Crippen LogP contribution in [-0.4, -0.2) is 11.1 Å². The first-order chi connectivity index (χ1) is 7.20. The van der Waals surface area contributed by atoms with Crippen LogP contribution in [0.5, 0.6) is 0 Å². The Kier molecular flexibility index (Phi) is 4.88. The summed E-state index contributed by atoms with van der Waals surface area (Å²) in [7, 11) is 0. The Morgan fingerprint density at radius 2 is 1.93 bits per heavy atom. The molecule has 0 aliphatic heterocycles. The smallest absolute Gasteiger partial charge is 0.303 e. The minimum atomic E-state index is -0.692. The molecule has 1 unspecified atom stereocenters. The largest absolute Gasteiger partial charge is 0.481 e. The van der Waals surface area contributed by atoms with E-state index in [9.17, 15) is 4.79 Å². The molecule has 2 heteroatoms. The Morgan fingerprint density at radius 3 is 2.53 bits per heavy atom. The first-order valence-corrected chi connectivity index (χ1v) is 5.47. The van der Waals surface area contributed by atoms with Gasteiger partial charge in [-0.2, -0.15) is 0 Å². The highest BCUT2D eigenvalue weighted by atomic mass is 16.4. The quantitative estimate of drug-likeness (QED) is 0.724. The molecule has 15 heavy (non-hydrogen) atoms. The Hall–Kier alpha value is -1.31. The molecule has 1 rings (SSSR count). The third-order valence-corrected chi connectivity index (χ3v) is 2.65. The van der Waals surface area contributed by atoms with Gasteiger partial charge in [0.05, 0.1) is 0 Å². The van der Waals surface area contributed by atoms with E-state index in [1.54, 1.807) is 0 Å². The van der Waals surface area contributed by atoms with Gasteiger partial charge in [0.15, 0.2) is 0 Å². The second-order valence-electron chi connectivity index (χ2n) is 3.95. The molecule has 0 spiro atoms. The topological polar surface area (TPSA) is 37.3 Å². The van der Waals surface area contributed by atoms with Gasteiger partial charge in [0.1, 0.15) is 0 Å². The van der Waals surface area contributed by atoms with Gasteiger partial charge in [0.2, 0.25) is 0 Å². The zero-order valence-electron chi connectivity index (χ0n) is 9.15. The van der Waals surface area contributed by atoms with E-state index in [-0.39, 0.29) is 0 Å². The SMILES string of the molecule is CC(CCCCC(=O)O)c1ccccc1. The maximum Gasteiger partial charge on any atom is 0.303 e. The van der Waals surface area contributed by atoms with E-state index in [1.165, 1.54) is 5.56 Å². The van der Waals surface area contributed by atoms with Crippen LogP contribution in [0.25, 0.3) is 0 Å². The van der Waals surface area contributed by atoms with Crippen molar-refractivity contribution < 1.29 is 9.90 Å². The van der Waals surface area contributed by atoms with Crippen molar-refractivity contribution in [3.63, 3.8) is 0 Å². The van der Waals surface area contributed by atoms with Gasteiger partial charge in [0, 0.05) is 6.42 Å². The zero-order chi connectivity index (χ0) is 11.1. The minimum absolute atomic E-state index is 0.293. The predicted octanol–water partition coefficient (Wildman–Crippen LogP) is 3.44. The summed E-state index contributed by atoms with van der Waals surface area (Å²) >= 11 is 0. The average molecular weight is 206 g/mol. The summed E-state index contributed by atoms with van der Waals surface area (Å²) in [5.41, 5.74) is 1.34. The standard InChI is InChI=1S/C13H18O2/c1-11(7-5-6-10-13(14)15)12-8-3-2-4-9-12/h2-4,8-9,11H,5-7,10H2,1H3,(H,14,15). The number of hydrogen-bond donors (Lipinski definition) is 1.